The molecule has 0 aliphatic heterocycles. The van der Waals surface area contributed by atoms with Crippen molar-refractivity contribution in [3.8, 4) is 5.75 Å². The van der Waals surface area contributed by atoms with Gasteiger partial charge in [0, 0.05) is 18.3 Å². The molecular formula is C22H25ClN4O2. The molecule has 152 valence electrons. The summed E-state index contributed by atoms with van der Waals surface area (Å²) in [5, 5.41) is 9.50. The quantitative estimate of drug-likeness (QED) is 0.419. The first-order chi connectivity index (χ1) is 13.8. The molecule has 29 heavy (non-hydrogen) atoms. The molecule has 0 bridgehead atoms. The average molecular weight is 413 g/mol. The highest BCUT2D eigenvalue weighted by atomic mass is 35.5. The number of aromatic nitrogens is 4. The number of methoxy groups -OCH3 is 1. The van der Waals surface area contributed by atoms with Gasteiger partial charge in [-0.1, -0.05) is 23.7 Å². The van der Waals surface area contributed by atoms with Gasteiger partial charge in [0.05, 0.1) is 41.3 Å². The molecule has 0 saturated heterocycles. The zero-order valence-corrected chi connectivity index (χ0v) is 18.1. The first kappa shape index (κ1) is 20.9. The van der Waals surface area contributed by atoms with Crippen LogP contribution in [0.25, 0.3) is 6.08 Å². The summed E-state index contributed by atoms with van der Waals surface area (Å²) >= 11 is 6.27. The Morgan fingerprint density at radius 2 is 1.97 bits per heavy atom. The largest absolute Gasteiger partial charge is 0.496 e. The summed E-state index contributed by atoms with van der Waals surface area (Å²) in [5.41, 5.74) is 4.92. The van der Waals surface area contributed by atoms with Crippen LogP contribution in [0, 0.1) is 20.8 Å². The normalized spacial score (nSPS) is 11.4. The van der Waals surface area contributed by atoms with Crippen LogP contribution in [0.4, 0.5) is 0 Å². The van der Waals surface area contributed by atoms with Crippen LogP contribution < -0.4 is 4.74 Å². The minimum absolute atomic E-state index is 0.0649. The van der Waals surface area contributed by atoms with E-state index < -0.39 is 0 Å². The number of aryl methyl sites for hydroxylation is 3. The number of hydrogen-bond acceptors (Lipinski definition) is 4. The monoisotopic (exact) mass is 412 g/mol. The minimum Gasteiger partial charge on any atom is -0.496 e. The first-order valence-electron chi connectivity index (χ1n) is 9.47. The van der Waals surface area contributed by atoms with Crippen molar-refractivity contribution in [2.24, 2.45) is 0 Å². The van der Waals surface area contributed by atoms with Gasteiger partial charge in [-0.05, 0) is 51.5 Å². The van der Waals surface area contributed by atoms with E-state index in [0.717, 1.165) is 40.5 Å². The molecule has 6 nitrogen and oxygen atoms in total. The summed E-state index contributed by atoms with van der Waals surface area (Å²) in [4.78, 5) is 12.6. The van der Waals surface area contributed by atoms with Gasteiger partial charge in [0.25, 0.3) is 0 Å². The number of allylic oxidation sites excluding steroid dienone is 1. The van der Waals surface area contributed by atoms with E-state index in [4.69, 9.17) is 16.3 Å². The van der Waals surface area contributed by atoms with Gasteiger partial charge in [-0.15, -0.1) is 0 Å². The van der Waals surface area contributed by atoms with Crippen LogP contribution in [0.5, 0.6) is 5.75 Å². The molecule has 0 atom stereocenters. The zero-order chi connectivity index (χ0) is 21.1. The van der Waals surface area contributed by atoms with Crippen LogP contribution in [-0.2, 0) is 13.1 Å². The maximum absolute atomic E-state index is 12.6. The van der Waals surface area contributed by atoms with Gasteiger partial charge >= 0.3 is 0 Å². The van der Waals surface area contributed by atoms with Crippen molar-refractivity contribution in [3.05, 3.63) is 69.3 Å². The summed E-state index contributed by atoms with van der Waals surface area (Å²) in [7, 11) is 1.64. The molecule has 2 aromatic heterocycles. The van der Waals surface area contributed by atoms with Gasteiger partial charge in [0.2, 0.25) is 0 Å². The van der Waals surface area contributed by atoms with Gasteiger partial charge in [-0.3, -0.25) is 14.2 Å². The molecule has 0 aliphatic rings. The number of ether oxygens (including phenoxy) is 1. The van der Waals surface area contributed by atoms with Crippen LogP contribution in [-0.4, -0.2) is 32.5 Å². The maximum atomic E-state index is 12.6. The summed E-state index contributed by atoms with van der Waals surface area (Å²) in [6, 6.07) is 5.81. The van der Waals surface area contributed by atoms with E-state index in [-0.39, 0.29) is 5.78 Å². The second-order valence-electron chi connectivity index (χ2n) is 6.90. The standard InChI is InChI=1S/C22H25ClN4O2/c1-6-26-13-19(14(2)24-26)20(28)9-7-17-8-10-21(29-5)18(11-17)12-27-16(4)22(23)15(3)25-27/h7-11,13H,6,12H2,1-5H3/b9-7+. The maximum Gasteiger partial charge on any atom is 0.189 e. The lowest BCUT2D eigenvalue weighted by Gasteiger charge is -2.11. The topological polar surface area (TPSA) is 61.9 Å². The lowest BCUT2D eigenvalue weighted by Crippen LogP contribution is -2.06. The second kappa shape index (κ2) is 8.66. The number of benzene rings is 1. The van der Waals surface area contributed by atoms with Gasteiger partial charge in [-0.2, -0.15) is 10.2 Å². The number of carbonyl (C=O) groups excluding carboxylic acids is 1. The first-order valence-corrected chi connectivity index (χ1v) is 9.84. The number of rotatable bonds is 7. The Bertz CT molecular complexity index is 1080. The van der Waals surface area contributed by atoms with E-state index in [1.807, 2.05) is 56.7 Å². The van der Waals surface area contributed by atoms with E-state index >= 15 is 0 Å². The third kappa shape index (κ3) is 4.43. The molecule has 7 heteroatoms. The third-order valence-corrected chi connectivity index (χ3v) is 5.43. The fourth-order valence-corrected chi connectivity index (χ4v) is 3.33. The summed E-state index contributed by atoms with van der Waals surface area (Å²) in [6.07, 6.45) is 5.17. The fourth-order valence-electron chi connectivity index (χ4n) is 3.20. The van der Waals surface area contributed by atoms with Crippen molar-refractivity contribution in [2.75, 3.05) is 7.11 Å². The highest BCUT2D eigenvalue weighted by molar-refractivity contribution is 6.31. The smallest absolute Gasteiger partial charge is 0.189 e. The summed E-state index contributed by atoms with van der Waals surface area (Å²) < 4.78 is 9.12. The summed E-state index contributed by atoms with van der Waals surface area (Å²) in [6.45, 7) is 8.92. The molecule has 0 N–H and O–H groups in total. The molecule has 1 aromatic carbocycles. The van der Waals surface area contributed by atoms with Crippen molar-refractivity contribution in [1.29, 1.82) is 0 Å². The molecule has 0 fully saturated rings. The number of ketones is 1. The van der Waals surface area contributed by atoms with E-state index in [1.165, 1.54) is 0 Å². The van der Waals surface area contributed by atoms with Gasteiger partial charge in [0.1, 0.15) is 5.75 Å². The Balaban J connectivity index is 1.86. The molecule has 0 saturated carbocycles. The highest BCUT2D eigenvalue weighted by Gasteiger charge is 2.13. The van der Waals surface area contributed by atoms with Crippen LogP contribution >= 0.6 is 11.6 Å². The minimum atomic E-state index is -0.0649. The number of nitrogens with zero attached hydrogens (tertiary/aromatic N) is 4. The molecular weight excluding hydrogens is 388 g/mol. The van der Waals surface area contributed by atoms with Gasteiger partial charge < -0.3 is 4.74 Å². The summed E-state index contributed by atoms with van der Waals surface area (Å²) in [5.74, 6) is 0.696. The SMILES string of the molecule is CCn1cc(C(=O)/C=C/c2ccc(OC)c(Cn3nc(C)c(Cl)c3C)c2)c(C)n1. The molecule has 0 amide bonds. The van der Waals surface area contributed by atoms with E-state index in [1.54, 1.807) is 24.1 Å². The highest BCUT2D eigenvalue weighted by Crippen LogP contribution is 2.25. The predicted octanol–water partition coefficient (Wildman–Crippen LogP) is 4.63. The molecule has 0 radical (unpaired) electrons. The Hall–Kier alpha value is -2.86. The lowest BCUT2D eigenvalue weighted by molar-refractivity contribution is 0.104. The Kier molecular flexibility index (Phi) is 6.23. The second-order valence-corrected chi connectivity index (χ2v) is 7.27. The molecule has 3 rings (SSSR count). The van der Waals surface area contributed by atoms with Crippen LogP contribution in [0.2, 0.25) is 5.02 Å². The Morgan fingerprint density at radius 1 is 1.21 bits per heavy atom. The van der Waals surface area contributed by atoms with Crippen molar-refractivity contribution < 1.29 is 9.53 Å². The van der Waals surface area contributed by atoms with E-state index in [2.05, 4.69) is 10.2 Å². The van der Waals surface area contributed by atoms with Crippen LogP contribution in [0.15, 0.2) is 30.5 Å². The Labute approximate surface area is 175 Å². The average Bonchev–Trinajstić information content (AvgIpc) is 3.21. The van der Waals surface area contributed by atoms with Crippen LogP contribution in [0.1, 0.15) is 45.5 Å². The predicted molar refractivity (Wildman–Crippen MR) is 115 cm³/mol. The molecule has 0 spiro atoms. The fraction of sp³-hybridized carbons (Fsp3) is 0.318. The van der Waals surface area contributed by atoms with Crippen molar-refractivity contribution >= 4 is 23.5 Å². The number of halogens is 1. The Morgan fingerprint density at radius 3 is 2.55 bits per heavy atom. The van der Waals surface area contributed by atoms with Crippen molar-refractivity contribution in [3.63, 3.8) is 0 Å². The molecule has 0 aliphatic carbocycles. The van der Waals surface area contributed by atoms with Gasteiger partial charge in [0.15, 0.2) is 5.78 Å². The van der Waals surface area contributed by atoms with Gasteiger partial charge in [-0.25, -0.2) is 0 Å². The van der Waals surface area contributed by atoms with Crippen LogP contribution in [0.3, 0.4) is 0 Å². The van der Waals surface area contributed by atoms with Crippen molar-refractivity contribution in [1.82, 2.24) is 19.6 Å². The molecule has 2 heterocycles. The zero-order valence-electron chi connectivity index (χ0n) is 17.4. The molecule has 0 unspecified atom stereocenters. The third-order valence-electron chi connectivity index (χ3n) is 4.88. The number of hydrogen-bond donors (Lipinski definition) is 0. The van der Waals surface area contributed by atoms with E-state index in [0.29, 0.717) is 17.1 Å². The van der Waals surface area contributed by atoms with Crippen molar-refractivity contribution in [2.45, 2.75) is 40.8 Å². The lowest BCUT2D eigenvalue weighted by atomic mass is 10.1. The number of carbonyl (C=O) groups is 1. The molecule has 3 aromatic rings. The van der Waals surface area contributed by atoms with E-state index in [9.17, 15) is 4.79 Å².